The van der Waals surface area contributed by atoms with Gasteiger partial charge >= 0.3 is 0 Å². The SMILES string of the molecule is CC(O)C1CCN(S(=O)(=O)/C=C/c2ccccc2)C1. The van der Waals surface area contributed by atoms with E-state index in [4.69, 9.17) is 0 Å². The molecule has 1 heterocycles. The molecule has 0 spiro atoms. The first-order valence-electron chi connectivity index (χ1n) is 6.40. The summed E-state index contributed by atoms with van der Waals surface area (Å²) in [6, 6.07) is 9.33. The highest BCUT2D eigenvalue weighted by atomic mass is 32.2. The number of aliphatic hydroxyl groups is 1. The fourth-order valence-corrected chi connectivity index (χ4v) is 3.45. The van der Waals surface area contributed by atoms with Crippen LogP contribution in [0.2, 0.25) is 0 Å². The van der Waals surface area contributed by atoms with E-state index in [1.807, 2.05) is 30.3 Å². The standard InChI is InChI=1S/C14H19NO3S/c1-12(16)14-7-9-15(11-14)19(17,18)10-8-13-5-3-2-4-6-13/h2-6,8,10,12,14,16H,7,9,11H2,1H3/b10-8+. The molecule has 2 unspecified atom stereocenters. The van der Waals surface area contributed by atoms with Gasteiger partial charge in [0.25, 0.3) is 0 Å². The van der Waals surface area contributed by atoms with Crippen LogP contribution in [0, 0.1) is 5.92 Å². The van der Waals surface area contributed by atoms with E-state index in [1.54, 1.807) is 13.0 Å². The Balaban J connectivity index is 2.06. The van der Waals surface area contributed by atoms with Gasteiger partial charge in [-0.3, -0.25) is 0 Å². The van der Waals surface area contributed by atoms with Crippen molar-refractivity contribution in [1.29, 1.82) is 0 Å². The zero-order valence-electron chi connectivity index (χ0n) is 10.9. The maximum Gasteiger partial charge on any atom is 0.236 e. The summed E-state index contributed by atoms with van der Waals surface area (Å²) >= 11 is 0. The molecule has 0 saturated carbocycles. The summed E-state index contributed by atoms with van der Waals surface area (Å²) in [6.45, 7) is 2.59. The molecule has 1 saturated heterocycles. The first-order chi connectivity index (χ1) is 8.99. The Bertz CT molecular complexity index is 537. The van der Waals surface area contributed by atoms with Crippen molar-refractivity contribution in [2.45, 2.75) is 19.4 Å². The number of benzene rings is 1. The molecule has 104 valence electrons. The van der Waals surface area contributed by atoms with Crippen LogP contribution in [0.3, 0.4) is 0 Å². The fraction of sp³-hybridized carbons (Fsp3) is 0.429. The monoisotopic (exact) mass is 281 g/mol. The lowest BCUT2D eigenvalue weighted by molar-refractivity contribution is 0.133. The zero-order valence-corrected chi connectivity index (χ0v) is 11.8. The minimum absolute atomic E-state index is 0.0416. The average molecular weight is 281 g/mol. The Morgan fingerprint density at radius 3 is 2.63 bits per heavy atom. The first kappa shape index (κ1) is 14.2. The molecule has 2 rings (SSSR count). The molecule has 0 radical (unpaired) electrons. The van der Waals surface area contributed by atoms with E-state index < -0.39 is 16.1 Å². The smallest absolute Gasteiger partial charge is 0.236 e. The molecule has 2 atom stereocenters. The van der Waals surface area contributed by atoms with Crippen LogP contribution in [0.1, 0.15) is 18.9 Å². The van der Waals surface area contributed by atoms with Gasteiger partial charge in [0.1, 0.15) is 0 Å². The molecule has 1 aromatic carbocycles. The summed E-state index contributed by atoms with van der Waals surface area (Å²) in [5.74, 6) is 0.0416. The topological polar surface area (TPSA) is 57.6 Å². The Labute approximate surface area is 114 Å². The van der Waals surface area contributed by atoms with Gasteiger partial charge in [-0.25, -0.2) is 8.42 Å². The first-order valence-corrected chi connectivity index (χ1v) is 7.91. The number of sulfonamides is 1. The molecule has 0 aliphatic carbocycles. The van der Waals surface area contributed by atoms with Crippen molar-refractivity contribution in [1.82, 2.24) is 4.31 Å². The molecule has 19 heavy (non-hydrogen) atoms. The number of rotatable bonds is 4. The number of hydrogen-bond acceptors (Lipinski definition) is 3. The highest BCUT2D eigenvalue weighted by molar-refractivity contribution is 7.92. The number of hydrogen-bond donors (Lipinski definition) is 1. The summed E-state index contributed by atoms with van der Waals surface area (Å²) in [5, 5.41) is 10.7. The second-order valence-corrected chi connectivity index (χ2v) is 6.72. The third-order valence-corrected chi connectivity index (χ3v) is 4.99. The van der Waals surface area contributed by atoms with E-state index in [9.17, 15) is 13.5 Å². The van der Waals surface area contributed by atoms with Gasteiger partial charge in [0.05, 0.1) is 6.10 Å². The van der Waals surface area contributed by atoms with Crippen molar-refractivity contribution in [2.75, 3.05) is 13.1 Å². The lowest BCUT2D eigenvalue weighted by atomic mass is 10.0. The van der Waals surface area contributed by atoms with E-state index >= 15 is 0 Å². The van der Waals surface area contributed by atoms with Crippen LogP contribution in [-0.4, -0.2) is 37.0 Å². The lowest BCUT2D eigenvalue weighted by Crippen LogP contribution is -2.28. The normalized spacial score (nSPS) is 22.9. The van der Waals surface area contributed by atoms with Crippen LogP contribution >= 0.6 is 0 Å². The van der Waals surface area contributed by atoms with Crippen molar-refractivity contribution in [3.8, 4) is 0 Å². The summed E-state index contributed by atoms with van der Waals surface area (Å²) < 4.78 is 25.7. The molecule has 1 fully saturated rings. The number of aliphatic hydroxyl groups excluding tert-OH is 1. The van der Waals surface area contributed by atoms with Gasteiger partial charge in [0, 0.05) is 18.5 Å². The van der Waals surface area contributed by atoms with Crippen LogP contribution < -0.4 is 0 Å². The Kier molecular flexibility index (Phi) is 4.39. The summed E-state index contributed by atoms with van der Waals surface area (Å²) in [4.78, 5) is 0. The second kappa shape index (κ2) is 5.86. The third-order valence-electron chi connectivity index (χ3n) is 3.46. The quantitative estimate of drug-likeness (QED) is 0.913. The maximum absolute atomic E-state index is 12.1. The van der Waals surface area contributed by atoms with Crippen molar-refractivity contribution in [2.24, 2.45) is 5.92 Å². The van der Waals surface area contributed by atoms with Crippen molar-refractivity contribution in [3.63, 3.8) is 0 Å². The second-order valence-electron chi connectivity index (χ2n) is 4.91. The van der Waals surface area contributed by atoms with Crippen LogP contribution in [0.4, 0.5) is 0 Å². The third kappa shape index (κ3) is 3.65. The molecule has 0 amide bonds. The van der Waals surface area contributed by atoms with Crippen LogP contribution in [0.15, 0.2) is 35.7 Å². The molecule has 0 aromatic heterocycles. The van der Waals surface area contributed by atoms with Gasteiger partial charge in [-0.15, -0.1) is 0 Å². The van der Waals surface area contributed by atoms with Crippen molar-refractivity contribution in [3.05, 3.63) is 41.3 Å². The van der Waals surface area contributed by atoms with Gasteiger partial charge in [0.15, 0.2) is 0 Å². The molecular weight excluding hydrogens is 262 g/mol. The largest absolute Gasteiger partial charge is 0.393 e. The highest BCUT2D eigenvalue weighted by Gasteiger charge is 2.31. The summed E-state index contributed by atoms with van der Waals surface area (Å²) in [6.07, 6.45) is 1.86. The molecular formula is C14H19NO3S. The van der Waals surface area contributed by atoms with Gasteiger partial charge < -0.3 is 5.11 Å². The Hall–Kier alpha value is -1.17. The number of nitrogens with zero attached hydrogens (tertiary/aromatic N) is 1. The predicted octanol–water partition coefficient (Wildman–Crippen LogP) is 1.69. The minimum atomic E-state index is -3.38. The molecule has 1 aliphatic heterocycles. The predicted molar refractivity (Wildman–Crippen MR) is 75.8 cm³/mol. The highest BCUT2D eigenvalue weighted by Crippen LogP contribution is 2.23. The minimum Gasteiger partial charge on any atom is -0.393 e. The Morgan fingerprint density at radius 2 is 2.05 bits per heavy atom. The van der Waals surface area contributed by atoms with Gasteiger partial charge in [-0.2, -0.15) is 4.31 Å². The van der Waals surface area contributed by atoms with Crippen LogP contribution in [-0.2, 0) is 10.0 Å². The lowest BCUT2D eigenvalue weighted by Gasteiger charge is -2.15. The van der Waals surface area contributed by atoms with E-state index in [1.165, 1.54) is 9.71 Å². The molecule has 5 heteroatoms. The summed E-state index contributed by atoms with van der Waals surface area (Å²) in [7, 11) is -3.38. The summed E-state index contributed by atoms with van der Waals surface area (Å²) in [5.41, 5.74) is 0.859. The van der Waals surface area contributed by atoms with E-state index in [0.717, 1.165) is 12.0 Å². The van der Waals surface area contributed by atoms with E-state index in [0.29, 0.717) is 13.1 Å². The molecule has 4 nitrogen and oxygen atoms in total. The van der Waals surface area contributed by atoms with Crippen molar-refractivity contribution < 1.29 is 13.5 Å². The molecule has 0 bridgehead atoms. The van der Waals surface area contributed by atoms with Crippen molar-refractivity contribution >= 4 is 16.1 Å². The molecule has 1 aromatic rings. The fourth-order valence-electron chi connectivity index (χ4n) is 2.19. The average Bonchev–Trinajstić information content (AvgIpc) is 2.88. The molecule has 1 aliphatic rings. The zero-order chi connectivity index (χ0) is 13.9. The van der Waals surface area contributed by atoms with E-state index in [2.05, 4.69) is 0 Å². The Morgan fingerprint density at radius 1 is 1.37 bits per heavy atom. The van der Waals surface area contributed by atoms with E-state index in [-0.39, 0.29) is 5.92 Å². The van der Waals surface area contributed by atoms with Crippen LogP contribution in [0.25, 0.3) is 6.08 Å². The maximum atomic E-state index is 12.1. The van der Waals surface area contributed by atoms with Gasteiger partial charge in [0.2, 0.25) is 10.0 Å². The van der Waals surface area contributed by atoms with Crippen LogP contribution in [0.5, 0.6) is 0 Å². The van der Waals surface area contributed by atoms with Gasteiger partial charge in [-0.1, -0.05) is 30.3 Å². The van der Waals surface area contributed by atoms with Gasteiger partial charge in [-0.05, 0) is 30.9 Å². The molecule has 1 N–H and O–H groups in total.